The average Bonchev–Trinajstić information content (AvgIpc) is 2.62. The van der Waals surface area contributed by atoms with E-state index in [9.17, 15) is 0 Å². The summed E-state index contributed by atoms with van der Waals surface area (Å²) >= 11 is 0. The van der Waals surface area contributed by atoms with E-state index in [1.54, 1.807) is 6.92 Å². The van der Waals surface area contributed by atoms with E-state index < -0.39 is 0 Å². The van der Waals surface area contributed by atoms with Crippen LogP contribution < -0.4 is 5.73 Å². The molecule has 1 aliphatic rings. The molecule has 13 heavy (non-hydrogen) atoms. The van der Waals surface area contributed by atoms with E-state index in [0.717, 1.165) is 0 Å². The van der Waals surface area contributed by atoms with Crippen molar-refractivity contribution in [1.82, 2.24) is 10.1 Å². The zero-order valence-electron chi connectivity index (χ0n) is 7.78. The van der Waals surface area contributed by atoms with E-state index >= 15 is 0 Å². The molecule has 2 N–H and O–H groups in total. The van der Waals surface area contributed by atoms with E-state index in [1.807, 2.05) is 6.92 Å². The molecule has 72 valence electrons. The summed E-state index contributed by atoms with van der Waals surface area (Å²) in [5, 5.41) is 3.74. The number of hydrogen-bond acceptors (Lipinski definition) is 5. The summed E-state index contributed by atoms with van der Waals surface area (Å²) in [6, 6.07) is -0.0626. The Morgan fingerprint density at radius 2 is 2.38 bits per heavy atom. The second-order valence-electron chi connectivity index (χ2n) is 3.69. The minimum atomic E-state index is -0.318. The molecule has 5 heteroatoms. The molecule has 0 amide bonds. The largest absolute Gasteiger partial charge is 0.379 e. The predicted octanol–water partition coefficient (Wildman–Crippen LogP) is -0.00678. The molecule has 1 aliphatic heterocycles. The third-order valence-corrected chi connectivity index (χ3v) is 2.53. The number of hydrogen-bond donors (Lipinski definition) is 1. The van der Waals surface area contributed by atoms with Crippen molar-refractivity contribution in [1.29, 1.82) is 0 Å². The molecular weight excluding hydrogens is 170 g/mol. The maximum absolute atomic E-state index is 5.90. The minimum absolute atomic E-state index is 0.0626. The van der Waals surface area contributed by atoms with Crippen LogP contribution in [0.25, 0.3) is 0 Å². The van der Waals surface area contributed by atoms with Gasteiger partial charge in [0.15, 0.2) is 5.82 Å². The standard InChI is InChI=1S/C8H13N3O2/c1-5-10-7(13-11-5)8(2)4-12-3-6(8)9/h6H,3-4,9H2,1-2H3. The van der Waals surface area contributed by atoms with Crippen molar-refractivity contribution in [2.24, 2.45) is 5.73 Å². The van der Waals surface area contributed by atoms with Crippen molar-refractivity contribution in [3.63, 3.8) is 0 Å². The third-order valence-electron chi connectivity index (χ3n) is 2.53. The number of aromatic nitrogens is 2. The Bertz CT molecular complexity index is 312. The Hall–Kier alpha value is -0.940. The Balaban J connectivity index is 2.33. The topological polar surface area (TPSA) is 74.2 Å². The van der Waals surface area contributed by atoms with E-state index in [1.165, 1.54) is 0 Å². The zero-order chi connectivity index (χ0) is 9.47. The minimum Gasteiger partial charge on any atom is -0.379 e. The lowest BCUT2D eigenvalue weighted by Crippen LogP contribution is -2.42. The highest BCUT2D eigenvalue weighted by Crippen LogP contribution is 2.30. The fourth-order valence-electron chi connectivity index (χ4n) is 1.44. The Morgan fingerprint density at radius 3 is 2.85 bits per heavy atom. The van der Waals surface area contributed by atoms with Crippen LogP contribution in [0.3, 0.4) is 0 Å². The molecule has 1 saturated heterocycles. The molecule has 1 aromatic rings. The van der Waals surface area contributed by atoms with Gasteiger partial charge in [-0.1, -0.05) is 5.16 Å². The van der Waals surface area contributed by atoms with Gasteiger partial charge in [-0.05, 0) is 13.8 Å². The second-order valence-corrected chi connectivity index (χ2v) is 3.69. The van der Waals surface area contributed by atoms with Crippen LogP contribution >= 0.6 is 0 Å². The van der Waals surface area contributed by atoms with Crippen molar-refractivity contribution in [2.45, 2.75) is 25.3 Å². The molecule has 1 aromatic heterocycles. The summed E-state index contributed by atoms with van der Waals surface area (Å²) in [4.78, 5) is 4.18. The summed E-state index contributed by atoms with van der Waals surface area (Å²) in [5.41, 5.74) is 5.58. The Labute approximate surface area is 76.3 Å². The van der Waals surface area contributed by atoms with Crippen LogP contribution in [0.2, 0.25) is 0 Å². The SMILES string of the molecule is Cc1noc(C2(C)COCC2N)n1. The normalized spacial score (nSPS) is 33.9. The quantitative estimate of drug-likeness (QED) is 0.663. The lowest BCUT2D eigenvalue weighted by atomic mass is 9.86. The molecule has 0 spiro atoms. The van der Waals surface area contributed by atoms with Crippen LogP contribution in [0.4, 0.5) is 0 Å². The fourth-order valence-corrected chi connectivity index (χ4v) is 1.44. The van der Waals surface area contributed by atoms with Gasteiger partial charge in [-0.25, -0.2) is 0 Å². The molecule has 0 bridgehead atoms. The van der Waals surface area contributed by atoms with Gasteiger partial charge in [0.25, 0.3) is 0 Å². The lowest BCUT2D eigenvalue weighted by Gasteiger charge is -2.21. The van der Waals surface area contributed by atoms with Crippen LogP contribution in [0.1, 0.15) is 18.6 Å². The molecule has 5 nitrogen and oxygen atoms in total. The molecule has 1 fully saturated rings. The van der Waals surface area contributed by atoms with Gasteiger partial charge in [-0.3, -0.25) is 0 Å². The molecule has 0 radical (unpaired) electrons. The number of aryl methyl sites for hydroxylation is 1. The predicted molar refractivity (Wildman–Crippen MR) is 45.2 cm³/mol. The molecule has 2 atom stereocenters. The molecule has 2 heterocycles. The molecule has 0 aliphatic carbocycles. The molecule has 0 aromatic carbocycles. The lowest BCUT2D eigenvalue weighted by molar-refractivity contribution is 0.169. The monoisotopic (exact) mass is 183 g/mol. The van der Waals surface area contributed by atoms with Crippen molar-refractivity contribution in [3.05, 3.63) is 11.7 Å². The maximum atomic E-state index is 5.90. The van der Waals surface area contributed by atoms with Crippen molar-refractivity contribution >= 4 is 0 Å². The van der Waals surface area contributed by atoms with E-state index in [2.05, 4.69) is 10.1 Å². The van der Waals surface area contributed by atoms with Gasteiger partial charge < -0.3 is 15.0 Å². The average molecular weight is 183 g/mol. The van der Waals surface area contributed by atoms with Gasteiger partial charge in [0, 0.05) is 6.04 Å². The number of ether oxygens (including phenoxy) is 1. The van der Waals surface area contributed by atoms with E-state index in [-0.39, 0.29) is 11.5 Å². The van der Waals surface area contributed by atoms with Gasteiger partial charge in [-0.15, -0.1) is 0 Å². The van der Waals surface area contributed by atoms with Crippen LogP contribution in [0.15, 0.2) is 4.52 Å². The second kappa shape index (κ2) is 2.78. The first-order chi connectivity index (χ1) is 6.13. The van der Waals surface area contributed by atoms with Gasteiger partial charge in [0.05, 0.1) is 18.6 Å². The smallest absolute Gasteiger partial charge is 0.236 e. The number of nitrogens with zero attached hydrogens (tertiary/aromatic N) is 2. The zero-order valence-corrected chi connectivity index (χ0v) is 7.78. The first-order valence-electron chi connectivity index (χ1n) is 4.27. The first-order valence-corrected chi connectivity index (χ1v) is 4.27. The van der Waals surface area contributed by atoms with Crippen LogP contribution in [-0.2, 0) is 10.2 Å². The summed E-state index contributed by atoms with van der Waals surface area (Å²) in [7, 11) is 0. The van der Waals surface area contributed by atoms with Gasteiger partial charge in [-0.2, -0.15) is 4.98 Å². The van der Waals surface area contributed by atoms with Crippen molar-refractivity contribution in [2.75, 3.05) is 13.2 Å². The summed E-state index contributed by atoms with van der Waals surface area (Å²) < 4.78 is 10.4. The van der Waals surface area contributed by atoms with Crippen molar-refractivity contribution in [3.8, 4) is 0 Å². The summed E-state index contributed by atoms with van der Waals surface area (Å²) in [6.07, 6.45) is 0. The summed E-state index contributed by atoms with van der Waals surface area (Å²) in [6.45, 7) is 4.88. The van der Waals surface area contributed by atoms with Crippen LogP contribution in [0, 0.1) is 6.92 Å². The number of rotatable bonds is 1. The van der Waals surface area contributed by atoms with E-state index in [4.69, 9.17) is 15.0 Å². The van der Waals surface area contributed by atoms with Crippen LogP contribution in [0.5, 0.6) is 0 Å². The number of nitrogens with two attached hydrogens (primary N) is 1. The maximum Gasteiger partial charge on any atom is 0.236 e. The first kappa shape index (κ1) is 8.65. The molecule has 0 saturated carbocycles. The third kappa shape index (κ3) is 1.24. The van der Waals surface area contributed by atoms with Gasteiger partial charge in [0.2, 0.25) is 5.89 Å². The van der Waals surface area contributed by atoms with Gasteiger partial charge >= 0.3 is 0 Å². The van der Waals surface area contributed by atoms with E-state index in [0.29, 0.717) is 24.9 Å². The highest BCUT2D eigenvalue weighted by Gasteiger charge is 2.43. The van der Waals surface area contributed by atoms with Crippen LogP contribution in [-0.4, -0.2) is 29.4 Å². The Kier molecular flexibility index (Phi) is 1.85. The highest BCUT2D eigenvalue weighted by atomic mass is 16.5. The summed E-state index contributed by atoms with van der Waals surface area (Å²) in [5.74, 6) is 1.21. The Morgan fingerprint density at radius 1 is 1.62 bits per heavy atom. The molecular formula is C8H13N3O2. The molecule has 2 unspecified atom stereocenters. The van der Waals surface area contributed by atoms with Crippen molar-refractivity contribution < 1.29 is 9.26 Å². The van der Waals surface area contributed by atoms with Gasteiger partial charge in [0.1, 0.15) is 0 Å². The fraction of sp³-hybridized carbons (Fsp3) is 0.750. The molecule has 2 rings (SSSR count). The highest BCUT2D eigenvalue weighted by molar-refractivity contribution is 5.11.